The Labute approximate surface area is 102 Å². The fraction of sp³-hybridized carbons (Fsp3) is 0.400. The van der Waals surface area contributed by atoms with Crippen LogP contribution in [-0.2, 0) is 11.8 Å². The van der Waals surface area contributed by atoms with Gasteiger partial charge in [0.05, 0.1) is 0 Å². The maximum absolute atomic E-state index is 11.8. The van der Waals surface area contributed by atoms with Crippen LogP contribution in [0.15, 0.2) is 29.2 Å². The summed E-state index contributed by atoms with van der Waals surface area (Å²) in [6.07, 6.45) is 2.69. The third-order valence-electron chi connectivity index (χ3n) is 3.17. The lowest BCUT2D eigenvalue weighted by Crippen LogP contribution is -2.15. The van der Waals surface area contributed by atoms with Gasteiger partial charge >= 0.3 is 0 Å². The molecule has 1 aromatic carbocycles. The maximum Gasteiger partial charge on any atom is 0.189 e. The Morgan fingerprint density at radius 1 is 1.24 bits per heavy atom. The van der Waals surface area contributed by atoms with Crippen molar-refractivity contribution in [1.29, 1.82) is 0 Å². The molecular formula is C15H19NO. The van der Waals surface area contributed by atoms with Crippen molar-refractivity contribution < 1.29 is 0 Å². The summed E-state index contributed by atoms with van der Waals surface area (Å²) in [5.74, 6) is 0. The first-order valence-electron chi connectivity index (χ1n) is 6.08. The van der Waals surface area contributed by atoms with Crippen molar-refractivity contribution in [2.24, 2.45) is 0 Å². The summed E-state index contributed by atoms with van der Waals surface area (Å²) in [6.45, 7) is 8.71. The highest BCUT2D eigenvalue weighted by atomic mass is 16.1. The number of rotatable bonds is 1. The Bertz CT molecular complexity index is 602. The van der Waals surface area contributed by atoms with Gasteiger partial charge in [-0.25, -0.2) is 0 Å². The second kappa shape index (κ2) is 4.02. The highest BCUT2D eigenvalue weighted by Gasteiger charge is 2.18. The third-order valence-corrected chi connectivity index (χ3v) is 3.17. The number of aromatic amines is 1. The van der Waals surface area contributed by atoms with E-state index in [2.05, 4.69) is 38.7 Å². The first kappa shape index (κ1) is 11.9. The normalized spacial score (nSPS) is 12.0. The average molecular weight is 229 g/mol. The van der Waals surface area contributed by atoms with Crippen LogP contribution in [0.1, 0.15) is 38.8 Å². The quantitative estimate of drug-likeness (QED) is 0.798. The molecule has 0 saturated carbocycles. The summed E-state index contributed by atoms with van der Waals surface area (Å²) in [5.41, 5.74) is 3.67. The molecule has 1 N–H and O–H groups in total. The highest BCUT2D eigenvalue weighted by molar-refractivity contribution is 5.80. The summed E-state index contributed by atoms with van der Waals surface area (Å²) >= 11 is 0. The molecule has 1 heterocycles. The maximum atomic E-state index is 11.8. The lowest BCUT2D eigenvalue weighted by Gasteiger charge is -2.23. The van der Waals surface area contributed by atoms with E-state index < -0.39 is 0 Å². The summed E-state index contributed by atoms with van der Waals surface area (Å²) in [7, 11) is 0. The van der Waals surface area contributed by atoms with E-state index in [1.807, 2.05) is 6.07 Å². The van der Waals surface area contributed by atoms with Crippen LogP contribution in [0.5, 0.6) is 0 Å². The van der Waals surface area contributed by atoms with Crippen LogP contribution in [0, 0.1) is 0 Å². The molecule has 0 aliphatic rings. The van der Waals surface area contributed by atoms with E-state index in [-0.39, 0.29) is 10.8 Å². The Kier molecular flexibility index (Phi) is 2.82. The van der Waals surface area contributed by atoms with Crippen molar-refractivity contribution in [3.63, 3.8) is 0 Å². The highest BCUT2D eigenvalue weighted by Crippen LogP contribution is 2.28. The van der Waals surface area contributed by atoms with E-state index in [1.54, 1.807) is 12.3 Å². The molecule has 0 aliphatic carbocycles. The molecule has 0 aliphatic heterocycles. The van der Waals surface area contributed by atoms with E-state index in [4.69, 9.17) is 0 Å². The number of fused-ring (bicyclic) bond motifs is 1. The lowest BCUT2D eigenvalue weighted by atomic mass is 9.82. The number of aromatic nitrogens is 1. The van der Waals surface area contributed by atoms with Gasteiger partial charge in [-0.1, -0.05) is 27.7 Å². The number of aryl methyl sites for hydroxylation is 1. The minimum atomic E-state index is 0.0712. The van der Waals surface area contributed by atoms with Crippen LogP contribution in [0.2, 0.25) is 0 Å². The van der Waals surface area contributed by atoms with Crippen LogP contribution in [-0.4, -0.2) is 4.98 Å². The average Bonchev–Trinajstić information content (AvgIpc) is 2.26. The SMILES string of the molecule is CCc1cc2[nH]ccc(=O)c2cc1C(C)(C)C. The molecule has 2 aromatic rings. The molecule has 1 aromatic heterocycles. The summed E-state index contributed by atoms with van der Waals surface area (Å²) in [5, 5.41) is 0.787. The summed E-state index contributed by atoms with van der Waals surface area (Å²) in [6, 6.07) is 5.74. The van der Waals surface area contributed by atoms with E-state index in [0.29, 0.717) is 0 Å². The van der Waals surface area contributed by atoms with Gasteiger partial charge in [-0.05, 0) is 35.1 Å². The number of pyridine rings is 1. The van der Waals surface area contributed by atoms with Crippen molar-refractivity contribution in [3.8, 4) is 0 Å². The van der Waals surface area contributed by atoms with E-state index in [1.165, 1.54) is 11.1 Å². The van der Waals surface area contributed by atoms with Crippen LogP contribution in [0.25, 0.3) is 10.9 Å². The zero-order chi connectivity index (χ0) is 12.6. The first-order chi connectivity index (χ1) is 7.93. The molecule has 17 heavy (non-hydrogen) atoms. The zero-order valence-electron chi connectivity index (χ0n) is 10.9. The van der Waals surface area contributed by atoms with Gasteiger partial charge in [0.25, 0.3) is 0 Å². The molecule has 0 bridgehead atoms. The predicted molar refractivity (Wildman–Crippen MR) is 72.6 cm³/mol. The largest absolute Gasteiger partial charge is 0.361 e. The fourth-order valence-electron chi connectivity index (χ4n) is 2.26. The fourth-order valence-corrected chi connectivity index (χ4v) is 2.26. The smallest absolute Gasteiger partial charge is 0.189 e. The van der Waals surface area contributed by atoms with Crippen LogP contribution < -0.4 is 5.43 Å². The first-order valence-corrected chi connectivity index (χ1v) is 6.08. The molecule has 0 fully saturated rings. The molecule has 0 amide bonds. The van der Waals surface area contributed by atoms with Gasteiger partial charge in [-0.2, -0.15) is 0 Å². The van der Waals surface area contributed by atoms with Crippen LogP contribution in [0.4, 0.5) is 0 Å². The van der Waals surface area contributed by atoms with Gasteiger partial charge in [0.2, 0.25) is 0 Å². The van der Waals surface area contributed by atoms with Crippen molar-refractivity contribution in [2.45, 2.75) is 39.5 Å². The minimum absolute atomic E-state index is 0.0712. The van der Waals surface area contributed by atoms with Crippen LogP contribution in [0.3, 0.4) is 0 Å². The molecular weight excluding hydrogens is 210 g/mol. The summed E-state index contributed by atoms with van der Waals surface area (Å²) < 4.78 is 0. The molecule has 0 saturated heterocycles. The van der Waals surface area contributed by atoms with Gasteiger partial charge in [0.15, 0.2) is 5.43 Å². The van der Waals surface area contributed by atoms with Crippen molar-refractivity contribution in [1.82, 2.24) is 4.98 Å². The second-order valence-corrected chi connectivity index (χ2v) is 5.50. The monoisotopic (exact) mass is 229 g/mol. The van der Waals surface area contributed by atoms with Crippen molar-refractivity contribution in [2.75, 3.05) is 0 Å². The number of H-pyrrole nitrogens is 1. The Morgan fingerprint density at radius 2 is 1.94 bits per heavy atom. The molecule has 0 radical (unpaired) electrons. The zero-order valence-corrected chi connectivity index (χ0v) is 10.9. The van der Waals surface area contributed by atoms with Gasteiger partial charge in [0.1, 0.15) is 0 Å². The van der Waals surface area contributed by atoms with Gasteiger partial charge in [-0.15, -0.1) is 0 Å². The number of nitrogens with one attached hydrogen (secondary N) is 1. The van der Waals surface area contributed by atoms with Gasteiger partial charge < -0.3 is 4.98 Å². The van der Waals surface area contributed by atoms with Crippen molar-refractivity contribution in [3.05, 3.63) is 45.7 Å². The molecule has 90 valence electrons. The molecule has 2 heteroatoms. The number of benzene rings is 1. The Morgan fingerprint density at radius 3 is 2.53 bits per heavy atom. The lowest BCUT2D eigenvalue weighted by molar-refractivity contribution is 0.584. The third kappa shape index (κ3) is 2.12. The molecule has 2 rings (SSSR count). The Hall–Kier alpha value is -1.57. The topological polar surface area (TPSA) is 32.9 Å². The Balaban J connectivity index is 2.84. The molecule has 0 atom stereocenters. The number of hydrogen-bond donors (Lipinski definition) is 1. The van der Waals surface area contributed by atoms with E-state index in [0.717, 1.165) is 17.3 Å². The van der Waals surface area contributed by atoms with Gasteiger partial charge in [-0.3, -0.25) is 4.79 Å². The standard InChI is InChI=1S/C15H19NO/c1-5-10-8-13-11(14(17)6-7-16-13)9-12(10)15(2,3)4/h6-9H,5H2,1-4H3,(H,16,17). The van der Waals surface area contributed by atoms with Crippen molar-refractivity contribution >= 4 is 10.9 Å². The van der Waals surface area contributed by atoms with Gasteiger partial charge in [0, 0.05) is 23.2 Å². The molecule has 0 spiro atoms. The minimum Gasteiger partial charge on any atom is -0.361 e. The predicted octanol–water partition coefficient (Wildman–Crippen LogP) is 3.39. The second-order valence-electron chi connectivity index (χ2n) is 5.50. The number of hydrogen-bond acceptors (Lipinski definition) is 1. The van der Waals surface area contributed by atoms with Crippen LogP contribution >= 0.6 is 0 Å². The summed E-state index contributed by atoms with van der Waals surface area (Å²) in [4.78, 5) is 15.0. The molecule has 0 unspecified atom stereocenters. The molecule has 2 nitrogen and oxygen atoms in total. The van der Waals surface area contributed by atoms with E-state index >= 15 is 0 Å². The van der Waals surface area contributed by atoms with E-state index in [9.17, 15) is 4.79 Å².